The highest BCUT2D eigenvalue weighted by Gasteiger charge is 2.39. The van der Waals surface area contributed by atoms with Gasteiger partial charge in [-0.15, -0.1) is 10.2 Å². The molecule has 0 bridgehead atoms. The van der Waals surface area contributed by atoms with Gasteiger partial charge in [0.1, 0.15) is 6.04 Å². The van der Waals surface area contributed by atoms with E-state index in [1.54, 1.807) is 24.3 Å². The summed E-state index contributed by atoms with van der Waals surface area (Å²) in [5, 5.41) is 10.5. The number of aromatic nitrogens is 2. The van der Waals surface area contributed by atoms with E-state index in [2.05, 4.69) is 15.5 Å². The van der Waals surface area contributed by atoms with E-state index in [0.29, 0.717) is 29.4 Å². The lowest BCUT2D eigenvalue weighted by atomic mass is 10.0. The third kappa shape index (κ3) is 2.76. The molecule has 3 heterocycles. The molecule has 1 atom stereocenters. The standard InChI is InChI=1S/C17H13ClN4O3/c18-14-5-3-12(20-21-14)9-1-2-11-10(7-9)8-22(17(11)25)13-4-6-15(23)19-16(13)24/h1-3,5,7,13H,4,6,8H2,(H,19,23,24). The Hall–Kier alpha value is -2.80. The number of carbonyl (C=O) groups is 3. The van der Waals surface area contributed by atoms with E-state index in [9.17, 15) is 14.4 Å². The summed E-state index contributed by atoms with van der Waals surface area (Å²) in [6.45, 7) is 0.329. The lowest BCUT2D eigenvalue weighted by Crippen LogP contribution is -2.52. The van der Waals surface area contributed by atoms with Crippen LogP contribution in [-0.2, 0) is 16.1 Å². The molecule has 2 aliphatic heterocycles. The van der Waals surface area contributed by atoms with Gasteiger partial charge in [-0.3, -0.25) is 19.7 Å². The molecule has 1 N–H and O–H groups in total. The third-order valence-corrected chi connectivity index (χ3v) is 4.65. The van der Waals surface area contributed by atoms with E-state index in [0.717, 1.165) is 11.1 Å². The molecular weight excluding hydrogens is 344 g/mol. The number of nitrogens with zero attached hydrogens (tertiary/aromatic N) is 3. The molecule has 0 radical (unpaired) electrons. The Balaban J connectivity index is 1.62. The van der Waals surface area contributed by atoms with Crippen molar-refractivity contribution in [2.24, 2.45) is 0 Å². The van der Waals surface area contributed by atoms with Crippen molar-refractivity contribution in [2.45, 2.75) is 25.4 Å². The SMILES string of the molecule is O=C1CCC(N2Cc3cc(-c4ccc(Cl)nn4)ccc3C2=O)C(=O)N1. The lowest BCUT2D eigenvalue weighted by molar-refractivity contribution is -0.136. The van der Waals surface area contributed by atoms with Gasteiger partial charge in [-0.2, -0.15) is 0 Å². The molecule has 1 fully saturated rings. The zero-order chi connectivity index (χ0) is 17.6. The molecule has 25 heavy (non-hydrogen) atoms. The molecule has 2 aliphatic rings. The van der Waals surface area contributed by atoms with Crippen LogP contribution in [0.4, 0.5) is 0 Å². The van der Waals surface area contributed by atoms with E-state index in [1.165, 1.54) is 4.90 Å². The number of imide groups is 1. The Morgan fingerprint density at radius 1 is 1.12 bits per heavy atom. The number of benzene rings is 1. The molecule has 0 saturated carbocycles. The van der Waals surface area contributed by atoms with Crippen LogP contribution < -0.4 is 5.32 Å². The highest BCUT2D eigenvalue weighted by molar-refractivity contribution is 6.29. The second-order valence-corrected chi connectivity index (χ2v) is 6.40. The molecule has 4 rings (SSSR count). The van der Waals surface area contributed by atoms with Gasteiger partial charge in [0.15, 0.2) is 5.15 Å². The van der Waals surface area contributed by atoms with Crippen LogP contribution in [0, 0.1) is 0 Å². The van der Waals surface area contributed by atoms with Crippen molar-refractivity contribution < 1.29 is 14.4 Å². The van der Waals surface area contributed by atoms with Crippen molar-refractivity contribution in [1.82, 2.24) is 20.4 Å². The Morgan fingerprint density at radius 3 is 2.68 bits per heavy atom. The maximum absolute atomic E-state index is 12.6. The summed E-state index contributed by atoms with van der Waals surface area (Å²) < 4.78 is 0. The van der Waals surface area contributed by atoms with Gasteiger partial charge in [-0.1, -0.05) is 17.7 Å². The van der Waals surface area contributed by atoms with Crippen LogP contribution in [0.25, 0.3) is 11.3 Å². The average molecular weight is 357 g/mol. The normalized spacial score (nSPS) is 19.8. The second kappa shape index (κ2) is 5.93. The molecule has 1 aromatic carbocycles. The van der Waals surface area contributed by atoms with Crippen LogP contribution in [0.15, 0.2) is 30.3 Å². The lowest BCUT2D eigenvalue weighted by Gasteiger charge is -2.29. The highest BCUT2D eigenvalue weighted by atomic mass is 35.5. The maximum Gasteiger partial charge on any atom is 0.255 e. The first kappa shape index (κ1) is 15.7. The Kier molecular flexibility index (Phi) is 3.73. The molecule has 0 aliphatic carbocycles. The maximum atomic E-state index is 12.6. The van der Waals surface area contributed by atoms with Crippen LogP contribution >= 0.6 is 11.6 Å². The van der Waals surface area contributed by atoms with E-state index in [-0.39, 0.29) is 18.2 Å². The molecule has 8 heteroatoms. The van der Waals surface area contributed by atoms with Crippen LogP contribution in [0.5, 0.6) is 0 Å². The van der Waals surface area contributed by atoms with Gasteiger partial charge in [0, 0.05) is 24.1 Å². The molecular formula is C17H13ClN4O3. The van der Waals surface area contributed by atoms with Crippen molar-refractivity contribution >= 4 is 29.3 Å². The first-order valence-electron chi connectivity index (χ1n) is 7.80. The predicted octanol–water partition coefficient (Wildman–Crippen LogP) is 1.56. The van der Waals surface area contributed by atoms with E-state index >= 15 is 0 Å². The number of hydrogen-bond acceptors (Lipinski definition) is 5. The van der Waals surface area contributed by atoms with Crippen molar-refractivity contribution in [1.29, 1.82) is 0 Å². The van der Waals surface area contributed by atoms with Crippen LogP contribution in [0.2, 0.25) is 5.15 Å². The Bertz CT molecular complexity index is 897. The molecule has 7 nitrogen and oxygen atoms in total. The second-order valence-electron chi connectivity index (χ2n) is 6.01. The molecule has 126 valence electrons. The van der Waals surface area contributed by atoms with Gasteiger partial charge in [-0.25, -0.2) is 0 Å². The summed E-state index contributed by atoms with van der Waals surface area (Å²) in [7, 11) is 0. The fourth-order valence-electron chi connectivity index (χ4n) is 3.20. The van der Waals surface area contributed by atoms with Crippen molar-refractivity contribution in [3.8, 4) is 11.3 Å². The first-order valence-corrected chi connectivity index (χ1v) is 8.18. The van der Waals surface area contributed by atoms with Gasteiger partial charge in [0.25, 0.3) is 5.91 Å². The molecule has 1 saturated heterocycles. The van der Waals surface area contributed by atoms with E-state index < -0.39 is 11.9 Å². The Labute approximate surface area is 148 Å². The van der Waals surface area contributed by atoms with E-state index in [1.807, 2.05) is 6.07 Å². The summed E-state index contributed by atoms with van der Waals surface area (Å²) in [6.07, 6.45) is 0.585. The number of fused-ring (bicyclic) bond motifs is 1. The topological polar surface area (TPSA) is 92.3 Å². The summed E-state index contributed by atoms with van der Waals surface area (Å²) in [6, 6.07) is 8.19. The zero-order valence-corrected chi connectivity index (χ0v) is 13.8. The van der Waals surface area contributed by atoms with Gasteiger partial charge >= 0.3 is 0 Å². The molecule has 2 aromatic rings. The molecule has 1 unspecified atom stereocenters. The molecule has 1 aromatic heterocycles. The highest BCUT2D eigenvalue weighted by Crippen LogP contribution is 2.30. The molecule has 3 amide bonds. The minimum absolute atomic E-state index is 0.196. The number of carbonyl (C=O) groups excluding carboxylic acids is 3. The fourth-order valence-corrected chi connectivity index (χ4v) is 3.30. The predicted molar refractivity (Wildman–Crippen MR) is 88.5 cm³/mol. The number of hydrogen-bond donors (Lipinski definition) is 1. The van der Waals surface area contributed by atoms with Crippen molar-refractivity contribution in [2.75, 3.05) is 0 Å². The Morgan fingerprint density at radius 2 is 1.96 bits per heavy atom. The van der Waals surface area contributed by atoms with Crippen LogP contribution in [0.1, 0.15) is 28.8 Å². The smallest absolute Gasteiger partial charge is 0.255 e. The van der Waals surface area contributed by atoms with Gasteiger partial charge in [-0.05, 0) is 36.2 Å². The summed E-state index contributed by atoms with van der Waals surface area (Å²) in [4.78, 5) is 37.5. The fraction of sp³-hybridized carbons (Fsp3) is 0.235. The van der Waals surface area contributed by atoms with Crippen molar-refractivity contribution in [3.05, 3.63) is 46.6 Å². The van der Waals surface area contributed by atoms with Crippen LogP contribution in [0.3, 0.4) is 0 Å². The number of nitrogens with one attached hydrogen (secondary N) is 1. The zero-order valence-electron chi connectivity index (χ0n) is 13.0. The first-order chi connectivity index (χ1) is 12.0. The average Bonchev–Trinajstić information content (AvgIpc) is 2.92. The quantitative estimate of drug-likeness (QED) is 0.824. The largest absolute Gasteiger partial charge is 0.322 e. The minimum Gasteiger partial charge on any atom is -0.322 e. The van der Waals surface area contributed by atoms with Gasteiger partial charge in [0.05, 0.1) is 5.69 Å². The minimum atomic E-state index is -0.614. The number of halogens is 1. The third-order valence-electron chi connectivity index (χ3n) is 4.45. The summed E-state index contributed by atoms with van der Waals surface area (Å²) in [5.41, 5.74) is 2.86. The number of amides is 3. The monoisotopic (exact) mass is 356 g/mol. The molecule has 0 spiro atoms. The van der Waals surface area contributed by atoms with E-state index in [4.69, 9.17) is 11.6 Å². The summed E-state index contributed by atoms with van der Waals surface area (Å²) >= 11 is 5.75. The van der Waals surface area contributed by atoms with Crippen molar-refractivity contribution in [3.63, 3.8) is 0 Å². The summed E-state index contributed by atoms with van der Waals surface area (Å²) in [5.74, 6) is -0.909. The van der Waals surface area contributed by atoms with Gasteiger partial charge in [0.2, 0.25) is 11.8 Å². The number of piperidine rings is 1. The van der Waals surface area contributed by atoms with Gasteiger partial charge < -0.3 is 4.90 Å². The number of rotatable bonds is 2. The van der Waals surface area contributed by atoms with Crippen LogP contribution in [-0.4, -0.2) is 38.9 Å².